The molecule has 2 N–H and O–H groups in total. The molecule has 94 valence electrons. The molecule has 0 aliphatic heterocycles. The maximum atomic E-state index is 11.1. The summed E-state index contributed by atoms with van der Waals surface area (Å²) in [5.74, 6) is -0.872. The Kier molecular flexibility index (Phi) is 4.70. The summed E-state index contributed by atoms with van der Waals surface area (Å²) in [5.41, 5.74) is -0.987. The van der Waals surface area contributed by atoms with Crippen molar-refractivity contribution in [2.45, 2.75) is 31.3 Å². The van der Waals surface area contributed by atoms with E-state index in [4.69, 9.17) is 9.84 Å². The summed E-state index contributed by atoms with van der Waals surface area (Å²) in [6.45, 7) is 3.36. The van der Waals surface area contributed by atoms with Gasteiger partial charge in [-0.1, -0.05) is 0 Å². The molecule has 0 spiro atoms. The zero-order valence-corrected chi connectivity index (χ0v) is 10.3. The number of nitrogens with zero attached hydrogens (tertiary/aromatic N) is 1. The van der Waals surface area contributed by atoms with E-state index >= 15 is 0 Å². The molecule has 0 amide bonds. The lowest BCUT2D eigenvalue weighted by molar-refractivity contribution is -0.146. The summed E-state index contributed by atoms with van der Waals surface area (Å²) >= 11 is 0. The number of hydrogen-bond donors (Lipinski definition) is 2. The number of likely N-dealkylation sites (N-methyl/N-ethyl adjacent to an activating group) is 1. The highest BCUT2D eigenvalue weighted by atomic mass is 16.5. The number of hydrogen-bond acceptors (Lipinski definition) is 4. The SMILES string of the molecule is COCC(C)(NCCN(C)C1CC1)C(=O)O. The Hall–Kier alpha value is -0.650. The van der Waals surface area contributed by atoms with Crippen LogP contribution < -0.4 is 5.32 Å². The molecule has 0 saturated heterocycles. The number of aliphatic carboxylic acids is 1. The number of rotatable bonds is 8. The smallest absolute Gasteiger partial charge is 0.326 e. The molecular formula is C11H22N2O3. The number of methoxy groups -OCH3 is 1. The Balaban J connectivity index is 2.28. The minimum absolute atomic E-state index is 0.176. The molecule has 1 atom stereocenters. The summed E-state index contributed by atoms with van der Waals surface area (Å²) < 4.78 is 4.93. The zero-order valence-electron chi connectivity index (χ0n) is 10.3. The van der Waals surface area contributed by atoms with E-state index in [2.05, 4.69) is 17.3 Å². The third-order valence-corrected chi connectivity index (χ3v) is 3.05. The second kappa shape index (κ2) is 5.61. The standard InChI is InChI=1S/C11H22N2O3/c1-11(8-16-3,10(14)15)12-6-7-13(2)9-4-5-9/h9,12H,4-8H2,1-3H3,(H,14,15). The predicted octanol–water partition coefficient (Wildman–Crippen LogP) is 0.160. The van der Waals surface area contributed by atoms with Gasteiger partial charge in [-0.15, -0.1) is 0 Å². The first-order valence-corrected chi connectivity index (χ1v) is 5.67. The number of carboxylic acids is 1. The van der Waals surface area contributed by atoms with Crippen LogP contribution in [0.5, 0.6) is 0 Å². The van der Waals surface area contributed by atoms with Crippen LogP contribution in [0.25, 0.3) is 0 Å². The molecule has 0 radical (unpaired) electrons. The average molecular weight is 230 g/mol. The summed E-state index contributed by atoms with van der Waals surface area (Å²) in [7, 11) is 3.59. The molecule has 1 unspecified atom stereocenters. The van der Waals surface area contributed by atoms with E-state index in [1.165, 1.54) is 20.0 Å². The van der Waals surface area contributed by atoms with Crippen molar-refractivity contribution in [2.24, 2.45) is 0 Å². The number of ether oxygens (including phenoxy) is 1. The average Bonchev–Trinajstić information content (AvgIpc) is 3.00. The van der Waals surface area contributed by atoms with Crippen molar-refractivity contribution in [2.75, 3.05) is 33.9 Å². The van der Waals surface area contributed by atoms with Crippen molar-refractivity contribution in [3.8, 4) is 0 Å². The van der Waals surface area contributed by atoms with Crippen molar-refractivity contribution in [1.29, 1.82) is 0 Å². The zero-order chi connectivity index (χ0) is 12.2. The summed E-state index contributed by atoms with van der Waals surface area (Å²) in [6.07, 6.45) is 2.54. The second-order valence-corrected chi connectivity index (χ2v) is 4.71. The van der Waals surface area contributed by atoms with E-state index in [-0.39, 0.29) is 6.61 Å². The van der Waals surface area contributed by atoms with E-state index in [0.717, 1.165) is 6.54 Å². The van der Waals surface area contributed by atoms with Crippen LogP contribution in [-0.4, -0.2) is 61.4 Å². The fourth-order valence-corrected chi connectivity index (χ4v) is 1.68. The number of nitrogens with one attached hydrogen (secondary N) is 1. The third kappa shape index (κ3) is 3.73. The van der Waals surface area contributed by atoms with E-state index in [1.54, 1.807) is 6.92 Å². The lowest BCUT2D eigenvalue weighted by atomic mass is 10.0. The van der Waals surface area contributed by atoms with Gasteiger partial charge in [0.1, 0.15) is 5.54 Å². The van der Waals surface area contributed by atoms with Gasteiger partial charge in [0, 0.05) is 26.2 Å². The fraction of sp³-hybridized carbons (Fsp3) is 0.909. The molecule has 1 aliphatic carbocycles. The molecule has 0 bridgehead atoms. The van der Waals surface area contributed by atoms with Crippen LogP contribution >= 0.6 is 0 Å². The van der Waals surface area contributed by atoms with Crippen LogP contribution in [0, 0.1) is 0 Å². The largest absolute Gasteiger partial charge is 0.480 e. The second-order valence-electron chi connectivity index (χ2n) is 4.71. The topological polar surface area (TPSA) is 61.8 Å². The number of carbonyl (C=O) groups is 1. The highest BCUT2D eigenvalue weighted by molar-refractivity contribution is 5.78. The van der Waals surface area contributed by atoms with E-state index in [9.17, 15) is 4.79 Å². The lowest BCUT2D eigenvalue weighted by Gasteiger charge is -2.26. The van der Waals surface area contributed by atoms with Crippen LogP contribution in [0.15, 0.2) is 0 Å². The van der Waals surface area contributed by atoms with Crippen molar-refractivity contribution in [3.05, 3.63) is 0 Å². The number of carboxylic acid groups (broad SMARTS) is 1. The van der Waals surface area contributed by atoms with Crippen molar-refractivity contribution in [1.82, 2.24) is 10.2 Å². The summed E-state index contributed by atoms with van der Waals surface area (Å²) in [6, 6.07) is 0.709. The molecule has 0 aromatic heterocycles. The Morgan fingerprint density at radius 3 is 2.69 bits per heavy atom. The van der Waals surface area contributed by atoms with Gasteiger partial charge in [0.05, 0.1) is 6.61 Å². The fourth-order valence-electron chi connectivity index (χ4n) is 1.68. The molecule has 1 rings (SSSR count). The van der Waals surface area contributed by atoms with E-state index in [1.807, 2.05) is 0 Å². The normalized spacial score (nSPS) is 19.8. The van der Waals surface area contributed by atoms with Gasteiger partial charge in [-0.3, -0.25) is 10.1 Å². The molecule has 0 aromatic carbocycles. The van der Waals surface area contributed by atoms with Gasteiger partial charge in [0.25, 0.3) is 0 Å². The molecular weight excluding hydrogens is 208 g/mol. The van der Waals surface area contributed by atoms with Crippen LogP contribution in [0.2, 0.25) is 0 Å². The van der Waals surface area contributed by atoms with E-state index in [0.29, 0.717) is 12.6 Å². The lowest BCUT2D eigenvalue weighted by Crippen LogP contribution is -2.54. The maximum Gasteiger partial charge on any atom is 0.326 e. The minimum Gasteiger partial charge on any atom is -0.480 e. The minimum atomic E-state index is -0.987. The summed E-state index contributed by atoms with van der Waals surface area (Å²) in [5, 5.41) is 12.1. The van der Waals surface area contributed by atoms with Gasteiger partial charge >= 0.3 is 5.97 Å². The Morgan fingerprint density at radius 2 is 2.25 bits per heavy atom. The first kappa shape index (κ1) is 13.4. The first-order valence-electron chi connectivity index (χ1n) is 5.67. The predicted molar refractivity (Wildman–Crippen MR) is 61.6 cm³/mol. The maximum absolute atomic E-state index is 11.1. The van der Waals surface area contributed by atoms with Gasteiger partial charge < -0.3 is 14.7 Å². The van der Waals surface area contributed by atoms with Crippen molar-refractivity contribution in [3.63, 3.8) is 0 Å². The summed E-state index contributed by atoms with van der Waals surface area (Å²) in [4.78, 5) is 13.3. The van der Waals surface area contributed by atoms with Crippen molar-refractivity contribution < 1.29 is 14.6 Å². The molecule has 16 heavy (non-hydrogen) atoms. The molecule has 1 aliphatic rings. The highest BCUT2D eigenvalue weighted by Gasteiger charge is 2.33. The molecule has 0 aromatic rings. The molecule has 5 heteroatoms. The van der Waals surface area contributed by atoms with Crippen LogP contribution in [0.3, 0.4) is 0 Å². The van der Waals surface area contributed by atoms with Crippen LogP contribution in [0.1, 0.15) is 19.8 Å². The first-order chi connectivity index (χ1) is 7.49. The Bertz CT molecular complexity index is 243. The highest BCUT2D eigenvalue weighted by Crippen LogP contribution is 2.24. The Morgan fingerprint density at radius 1 is 1.62 bits per heavy atom. The van der Waals surface area contributed by atoms with Crippen LogP contribution in [-0.2, 0) is 9.53 Å². The molecule has 1 saturated carbocycles. The monoisotopic (exact) mass is 230 g/mol. The van der Waals surface area contributed by atoms with Gasteiger partial charge in [-0.05, 0) is 26.8 Å². The Labute approximate surface area is 96.8 Å². The third-order valence-electron chi connectivity index (χ3n) is 3.05. The quantitative estimate of drug-likeness (QED) is 0.622. The van der Waals surface area contributed by atoms with Gasteiger partial charge in [0.15, 0.2) is 0 Å². The molecule has 5 nitrogen and oxygen atoms in total. The van der Waals surface area contributed by atoms with Gasteiger partial charge in [-0.2, -0.15) is 0 Å². The molecule has 1 fully saturated rings. The van der Waals surface area contributed by atoms with Gasteiger partial charge in [-0.25, -0.2) is 0 Å². The van der Waals surface area contributed by atoms with Crippen LogP contribution in [0.4, 0.5) is 0 Å². The van der Waals surface area contributed by atoms with E-state index < -0.39 is 11.5 Å². The van der Waals surface area contributed by atoms with Crippen molar-refractivity contribution >= 4 is 5.97 Å². The van der Waals surface area contributed by atoms with Gasteiger partial charge in [0.2, 0.25) is 0 Å². The molecule has 0 heterocycles.